The quantitative estimate of drug-likeness (QED) is 0.233. The molecule has 2 rings (SSSR count). The molecule has 0 aliphatic carbocycles. The van der Waals surface area contributed by atoms with Crippen LogP contribution in [0.2, 0.25) is 0 Å². The maximum Gasteiger partial charge on any atom is 0.315 e. The Morgan fingerprint density at radius 2 is 1.52 bits per heavy atom. The van der Waals surface area contributed by atoms with Crippen LogP contribution in [0.25, 0.3) is 0 Å². The van der Waals surface area contributed by atoms with E-state index in [1.165, 1.54) is 21.3 Å². The van der Waals surface area contributed by atoms with Crippen molar-refractivity contribution in [2.24, 2.45) is 5.92 Å². The SMILES string of the molecule is CCC(NC(=O)C(CC(C)C)NC(=O)NCc1ccc(C#N)cc1OC)C(=O)C(=O)NCc1cc(OC)cc(OC)c1. The average Bonchev–Trinajstić information content (AvgIpc) is 2.99. The van der Waals surface area contributed by atoms with Crippen molar-refractivity contribution in [1.29, 1.82) is 5.26 Å². The number of ketones is 1. The molecule has 12 nitrogen and oxygen atoms in total. The van der Waals surface area contributed by atoms with Crippen molar-refractivity contribution in [3.8, 4) is 23.3 Å². The minimum Gasteiger partial charge on any atom is -0.497 e. The maximum atomic E-state index is 13.2. The zero-order chi connectivity index (χ0) is 31.2. The van der Waals surface area contributed by atoms with Gasteiger partial charge in [0.05, 0.1) is 39.0 Å². The number of methoxy groups -OCH3 is 3. The predicted octanol–water partition coefficient (Wildman–Crippen LogP) is 2.58. The highest BCUT2D eigenvalue weighted by molar-refractivity contribution is 6.38. The summed E-state index contributed by atoms with van der Waals surface area (Å²) in [5.74, 6) is -0.689. The molecule has 0 saturated heterocycles. The van der Waals surface area contributed by atoms with Crippen LogP contribution in [0.3, 0.4) is 0 Å². The lowest BCUT2D eigenvalue weighted by molar-refractivity contribution is -0.140. The van der Waals surface area contributed by atoms with E-state index < -0.39 is 35.7 Å². The number of hydrogen-bond donors (Lipinski definition) is 4. The number of hydrogen-bond acceptors (Lipinski definition) is 8. The fraction of sp³-hybridized carbons (Fsp3) is 0.433. The fourth-order valence-corrected chi connectivity index (χ4v) is 4.07. The molecule has 226 valence electrons. The van der Waals surface area contributed by atoms with Gasteiger partial charge in [-0.25, -0.2) is 4.79 Å². The maximum absolute atomic E-state index is 13.2. The van der Waals surface area contributed by atoms with Crippen molar-refractivity contribution >= 4 is 23.6 Å². The number of carbonyl (C=O) groups is 4. The average molecular weight is 582 g/mol. The number of urea groups is 1. The highest BCUT2D eigenvalue weighted by Gasteiger charge is 2.29. The molecular weight excluding hydrogens is 542 g/mol. The first-order valence-electron chi connectivity index (χ1n) is 13.5. The number of Topliss-reactive ketones (excluding diaryl/α,β-unsaturated/α-hetero) is 1. The molecule has 0 bridgehead atoms. The van der Waals surface area contributed by atoms with Crippen LogP contribution in [-0.4, -0.2) is 57.0 Å². The Kier molecular flexibility index (Phi) is 13.1. The van der Waals surface area contributed by atoms with E-state index in [2.05, 4.69) is 21.3 Å². The van der Waals surface area contributed by atoms with Crippen LogP contribution in [0.1, 0.15) is 50.3 Å². The number of nitriles is 1. The van der Waals surface area contributed by atoms with Crippen LogP contribution >= 0.6 is 0 Å². The summed E-state index contributed by atoms with van der Waals surface area (Å²) in [5, 5.41) is 19.6. The first-order chi connectivity index (χ1) is 20.0. The molecule has 0 aliphatic rings. The number of nitrogens with zero attached hydrogens (tertiary/aromatic N) is 1. The molecule has 12 heteroatoms. The van der Waals surface area contributed by atoms with Gasteiger partial charge in [-0.2, -0.15) is 5.26 Å². The van der Waals surface area contributed by atoms with E-state index in [9.17, 15) is 19.2 Å². The molecule has 0 heterocycles. The lowest BCUT2D eigenvalue weighted by Gasteiger charge is -2.23. The van der Waals surface area contributed by atoms with Gasteiger partial charge in [-0.3, -0.25) is 14.4 Å². The summed E-state index contributed by atoms with van der Waals surface area (Å²) < 4.78 is 15.7. The fourth-order valence-electron chi connectivity index (χ4n) is 4.07. The van der Waals surface area contributed by atoms with Gasteiger partial charge in [0, 0.05) is 24.7 Å². The second-order valence-corrected chi connectivity index (χ2v) is 9.88. The summed E-state index contributed by atoms with van der Waals surface area (Å²) in [5.41, 5.74) is 1.73. The first-order valence-corrected chi connectivity index (χ1v) is 13.5. The van der Waals surface area contributed by atoms with Crippen LogP contribution in [-0.2, 0) is 27.5 Å². The third-order valence-corrected chi connectivity index (χ3v) is 6.31. The topological polar surface area (TPSA) is 168 Å². The van der Waals surface area contributed by atoms with Crippen molar-refractivity contribution in [2.45, 2.75) is 58.8 Å². The Hall–Kier alpha value is -4.79. The minimum atomic E-state index is -1.08. The highest BCUT2D eigenvalue weighted by Crippen LogP contribution is 2.22. The third-order valence-electron chi connectivity index (χ3n) is 6.31. The van der Waals surface area contributed by atoms with E-state index in [1.807, 2.05) is 19.9 Å². The van der Waals surface area contributed by atoms with Crippen LogP contribution < -0.4 is 35.5 Å². The zero-order valence-electron chi connectivity index (χ0n) is 24.8. The lowest BCUT2D eigenvalue weighted by Crippen LogP contribution is -2.55. The molecule has 2 aromatic carbocycles. The van der Waals surface area contributed by atoms with Gasteiger partial charge in [-0.05, 0) is 48.6 Å². The normalized spacial score (nSPS) is 11.9. The number of amides is 4. The monoisotopic (exact) mass is 581 g/mol. The Balaban J connectivity index is 2.01. The summed E-state index contributed by atoms with van der Waals surface area (Å²) in [6, 6.07) is 9.32. The molecule has 0 radical (unpaired) electrons. The Morgan fingerprint density at radius 3 is 2.07 bits per heavy atom. The molecular formula is C30H39N5O7. The van der Waals surface area contributed by atoms with Gasteiger partial charge in [0.2, 0.25) is 11.7 Å². The largest absolute Gasteiger partial charge is 0.497 e. The summed E-state index contributed by atoms with van der Waals surface area (Å²) in [6.07, 6.45) is 0.470. The van der Waals surface area contributed by atoms with Crippen LogP contribution in [0.5, 0.6) is 17.2 Å². The second kappa shape index (κ2) is 16.5. The molecule has 0 aromatic heterocycles. The molecule has 0 fully saturated rings. The number of nitrogens with one attached hydrogen (secondary N) is 4. The summed E-state index contributed by atoms with van der Waals surface area (Å²) in [7, 11) is 4.48. The molecule has 2 atom stereocenters. The van der Waals surface area contributed by atoms with Gasteiger partial charge < -0.3 is 35.5 Å². The van der Waals surface area contributed by atoms with E-state index in [-0.39, 0.29) is 25.4 Å². The van der Waals surface area contributed by atoms with E-state index in [0.717, 1.165) is 0 Å². The molecule has 0 saturated carbocycles. The molecule has 4 N–H and O–H groups in total. The minimum absolute atomic E-state index is 0.0404. The number of rotatable bonds is 15. The van der Waals surface area contributed by atoms with E-state index in [4.69, 9.17) is 19.5 Å². The zero-order valence-corrected chi connectivity index (χ0v) is 24.8. The van der Waals surface area contributed by atoms with E-state index >= 15 is 0 Å². The predicted molar refractivity (Wildman–Crippen MR) is 155 cm³/mol. The molecule has 42 heavy (non-hydrogen) atoms. The van der Waals surface area contributed by atoms with Crippen LogP contribution in [0.15, 0.2) is 36.4 Å². The van der Waals surface area contributed by atoms with Crippen LogP contribution in [0.4, 0.5) is 4.79 Å². The van der Waals surface area contributed by atoms with E-state index in [0.29, 0.717) is 40.4 Å². The summed E-state index contributed by atoms with van der Waals surface area (Å²) in [6.45, 7) is 5.60. The van der Waals surface area contributed by atoms with Crippen molar-refractivity contribution in [3.05, 3.63) is 53.1 Å². The number of ether oxygens (including phenoxy) is 3. The van der Waals surface area contributed by atoms with Crippen molar-refractivity contribution < 1.29 is 33.4 Å². The first kappa shape index (κ1) is 33.4. The molecule has 4 amide bonds. The smallest absolute Gasteiger partial charge is 0.315 e. The molecule has 0 aliphatic heterocycles. The van der Waals surface area contributed by atoms with Gasteiger partial charge in [-0.15, -0.1) is 0 Å². The van der Waals surface area contributed by atoms with Gasteiger partial charge in [0.1, 0.15) is 23.3 Å². The Bertz CT molecular complexity index is 1280. The van der Waals surface area contributed by atoms with Crippen molar-refractivity contribution in [1.82, 2.24) is 21.3 Å². The summed E-state index contributed by atoms with van der Waals surface area (Å²) in [4.78, 5) is 51.4. The third kappa shape index (κ3) is 9.99. The Morgan fingerprint density at radius 1 is 0.857 bits per heavy atom. The van der Waals surface area contributed by atoms with Gasteiger partial charge in [0.15, 0.2) is 0 Å². The van der Waals surface area contributed by atoms with Crippen LogP contribution in [0, 0.1) is 17.2 Å². The highest BCUT2D eigenvalue weighted by atomic mass is 16.5. The molecule has 0 spiro atoms. The number of carbonyl (C=O) groups excluding carboxylic acids is 4. The standard InChI is InChI=1S/C30H39N5O7/c1-7-24(27(36)29(38)32-16-20-11-22(40-4)14-23(12-20)41-5)34-28(37)25(10-18(2)3)35-30(39)33-17-21-9-8-19(15-31)13-26(21)42-6/h8-9,11-14,18,24-25H,7,10,16-17H2,1-6H3,(H,32,38)(H,34,37)(H2,33,35,39). The lowest BCUT2D eigenvalue weighted by atomic mass is 10.0. The second-order valence-electron chi connectivity index (χ2n) is 9.88. The van der Waals surface area contributed by atoms with Crippen molar-refractivity contribution in [3.63, 3.8) is 0 Å². The number of benzene rings is 2. The van der Waals surface area contributed by atoms with Crippen molar-refractivity contribution in [2.75, 3.05) is 21.3 Å². The Labute approximate surface area is 246 Å². The van der Waals surface area contributed by atoms with Gasteiger partial charge >= 0.3 is 6.03 Å². The molecule has 2 unspecified atom stereocenters. The van der Waals surface area contributed by atoms with Gasteiger partial charge in [-0.1, -0.05) is 26.8 Å². The van der Waals surface area contributed by atoms with E-state index in [1.54, 1.807) is 43.3 Å². The molecule has 2 aromatic rings. The van der Waals surface area contributed by atoms with Gasteiger partial charge in [0.25, 0.3) is 5.91 Å². The summed E-state index contributed by atoms with van der Waals surface area (Å²) >= 11 is 0.